The van der Waals surface area contributed by atoms with Crippen molar-refractivity contribution in [2.45, 2.75) is 51.9 Å². The molecule has 0 aliphatic carbocycles. The van der Waals surface area contributed by atoms with Gasteiger partial charge in [0.15, 0.2) is 0 Å². The van der Waals surface area contributed by atoms with Crippen LogP contribution in [-0.4, -0.2) is 49.6 Å². The first-order valence-corrected chi connectivity index (χ1v) is 8.86. The zero-order valence-corrected chi connectivity index (χ0v) is 13.8. The lowest BCUT2D eigenvalue weighted by atomic mass is 9.93. The highest BCUT2D eigenvalue weighted by Crippen LogP contribution is 2.23. The van der Waals surface area contributed by atoms with Crippen LogP contribution in [0.2, 0.25) is 0 Å². The van der Waals surface area contributed by atoms with E-state index >= 15 is 0 Å². The number of unbranched alkanes of at least 4 members (excludes halogenated alkanes) is 2. The van der Waals surface area contributed by atoms with Gasteiger partial charge in [0.05, 0.1) is 0 Å². The molecule has 5 nitrogen and oxygen atoms in total. The molecule has 5 heteroatoms. The molecule has 0 aromatic rings. The van der Waals surface area contributed by atoms with Crippen molar-refractivity contribution in [1.29, 1.82) is 0 Å². The summed E-state index contributed by atoms with van der Waals surface area (Å²) in [6.45, 7) is 5.80. The molecule has 0 saturated carbocycles. The van der Waals surface area contributed by atoms with E-state index in [0.29, 0.717) is 13.2 Å². The Kier molecular flexibility index (Phi) is 7.16. The molecule has 22 heavy (non-hydrogen) atoms. The molecule has 0 aromatic heterocycles. The van der Waals surface area contributed by atoms with Gasteiger partial charge in [0.25, 0.3) is 0 Å². The van der Waals surface area contributed by atoms with Crippen molar-refractivity contribution in [3.05, 3.63) is 0 Å². The third-order valence-electron chi connectivity index (χ3n) is 4.83. The molecular formula is C17H30N2O3. The summed E-state index contributed by atoms with van der Waals surface area (Å²) in [6, 6.07) is 0. The van der Waals surface area contributed by atoms with Crippen LogP contribution in [0.15, 0.2) is 0 Å². The van der Waals surface area contributed by atoms with E-state index in [1.54, 1.807) is 0 Å². The highest BCUT2D eigenvalue weighted by molar-refractivity contribution is 5.81. The molecule has 2 amide bonds. The van der Waals surface area contributed by atoms with Crippen molar-refractivity contribution < 1.29 is 14.3 Å². The normalized spacial score (nSPS) is 20.9. The van der Waals surface area contributed by atoms with Crippen molar-refractivity contribution in [3.63, 3.8) is 0 Å². The molecule has 2 saturated heterocycles. The van der Waals surface area contributed by atoms with Gasteiger partial charge in [-0.3, -0.25) is 9.59 Å². The van der Waals surface area contributed by atoms with Gasteiger partial charge in [0, 0.05) is 44.7 Å². The van der Waals surface area contributed by atoms with E-state index in [1.165, 1.54) is 12.8 Å². The summed E-state index contributed by atoms with van der Waals surface area (Å²) in [5, 5.41) is 3.04. The van der Waals surface area contributed by atoms with Gasteiger partial charge in [-0.05, 0) is 32.1 Å². The van der Waals surface area contributed by atoms with Crippen molar-refractivity contribution >= 4 is 11.8 Å². The number of hydrogen-bond acceptors (Lipinski definition) is 3. The van der Waals surface area contributed by atoms with E-state index in [1.807, 2.05) is 4.90 Å². The largest absolute Gasteiger partial charge is 0.381 e. The van der Waals surface area contributed by atoms with Crippen LogP contribution < -0.4 is 5.32 Å². The van der Waals surface area contributed by atoms with Gasteiger partial charge in [-0.1, -0.05) is 19.8 Å². The maximum atomic E-state index is 12.4. The molecular weight excluding hydrogens is 280 g/mol. The maximum absolute atomic E-state index is 12.4. The van der Waals surface area contributed by atoms with Crippen LogP contribution in [0.25, 0.3) is 0 Å². The topological polar surface area (TPSA) is 58.6 Å². The minimum absolute atomic E-state index is 0.0837. The number of ether oxygens (including phenoxy) is 1. The molecule has 0 bridgehead atoms. The summed E-state index contributed by atoms with van der Waals surface area (Å²) in [4.78, 5) is 26.5. The molecule has 0 spiro atoms. The van der Waals surface area contributed by atoms with E-state index < -0.39 is 0 Å². The first kappa shape index (κ1) is 17.3. The quantitative estimate of drug-likeness (QED) is 0.763. The van der Waals surface area contributed by atoms with E-state index in [9.17, 15) is 9.59 Å². The molecule has 2 fully saturated rings. The summed E-state index contributed by atoms with van der Waals surface area (Å²) >= 11 is 0. The van der Waals surface area contributed by atoms with Crippen LogP contribution in [0.3, 0.4) is 0 Å². The standard InChI is InChI=1S/C17H30N2O3/c1-2-3-4-9-18-16(20)14-5-10-19(11-6-14)17(21)15-7-12-22-13-8-15/h14-15H,2-13H2,1H3,(H,18,20). The lowest BCUT2D eigenvalue weighted by Gasteiger charge is -2.34. The van der Waals surface area contributed by atoms with Crippen LogP contribution in [-0.2, 0) is 14.3 Å². The van der Waals surface area contributed by atoms with E-state index in [-0.39, 0.29) is 23.7 Å². The second-order valence-corrected chi connectivity index (χ2v) is 6.48. The highest BCUT2D eigenvalue weighted by Gasteiger charge is 2.31. The number of nitrogens with zero attached hydrogens (tertiary/aromatic N) is 1. The average Bonchev–Trinajstić information content (AvgIpc) is 2.59. The van der Waals surface area contributed by atoms with Gasteiger partial charge in [-0.25, -0.2) is 0 Å². The van der Waals surface area contributed by atoms with Gasteiger partial charge < -0.3 is 15.0 Å². The Morgan fingerprint density at radius 2 is 1.73 bits per heavy atom. The Morgan fingerprint density at radius 1 is 1.05 bits per heavy atom. The molecule has 0 unspecified atom stereocenters. The first-order chi connectivity index (χ1) is 10.7. The van der Waals surface area contributed by atoms with Crippen LogP contribution in [0.1, 0.15) is 51.9 Å². The molecule has 2 aliphatic rings. The zero-order valence-electron chi connectivity index (χ0n) is 13.8. The van der Waals surface area contributed by atoms with Crippen LogP contribution in [0.4, 0.5) is 0 Å². The van der Waals surface area contributed by atoms with Gasteiger partial charge in [0.1, 0.15) is 0 Å². The lowest BCUT2D eigenvalue weighted by Crippen LogP contribution is -2.46. The molecule has 2 heterocycles. The maximum Gasteiger partial charge on any atom is 0.225 e. The second-order valence-electron chi connectivity index (χ2n) is 6.48. The SMILES string of the molecule is CCCCCNC(=O)C1CCN(C(=O)C2CCOCC2)CC1. The number of amides is 2. The third kappa shape index (κ3) is 4.97. The molecule has 2 rings (SSSR count). The Hall–Kier alpha value is -1.10. The fourth-order valence-corrected chi connectivity index (χ4v) is 3.30. The van der Waals surface area contributed by atoms with Gasteiger partial charge in [-0.15, -0.1) is 0 Å². The number of hydrogen-bond donors (Lipinski definition) is 1. The molecule has 0 radical (unpaired) electrons. The van der Waals surface area contributed by atoms with E-state index in [0.717, 1.165) is 51.7 Å². The van der Waals surface area contributed by atoms with E-state index in [2.05, 4.69) is 12.2 Å². The Morgan fingerprint density at radius 3 is 2.36 bits per heavy atom. The number of piperidine rings is 1. The predicted octanol–water partition coefficient (Wildman–Crippen LogP) is 1.96. The van der Waals surface area contributed by atoms with E-state index in [4.69, 9.17) is 4.74 Å². The number of rotatable bonds is 6. The summed E-state index contributed by atoms with van der Waals surface area (Å²) in [5.41, 5.74) is 0. The number of carbonyl (C=O) groups is 2. The Labute approximate surface area is 133 Å². The number of likely N-dealkylation sites (tertiary alicyclic amines) is 1. The minimum atomic E-state index is 0.0837. The number of nitrogens with one attached hydrogen (secondary N) is 1. The lowest BCUT2D eigenvalue weighted by molar-refractivity contribution is -0.141. The van der Waals surface area contributed by atoms with Gasteiger partial charge >= 0.3 is 0 Å². The summed E-state index contributed by atoms with van der Waals surface area (Å²) in [5.74, 6) is 0.660. The summed E-state index contributed by atoms with van der Waals surface area (Å²) < 4.78 is 5.32. The fourth-order valence-electron chi connectivity index (χ4n) is 3.30. The van der Waals surface area contributed by atoms with Crippen molar-refractivity contribution in [3.8, 4) is 0 Å². The fraction of sp³-hybridized carbons (Fsp3) is 0.882. The first-order valence-electron chi connectivity index (χ1n) is 8.86. The van der Waals surface area contributed by atoms with Crippen LogP contribution in [0.5, 0.6) is 0 Å². The zero-order chi connectivity index (χ0) is 15.8. The number of carbonyl (C=O) groups excluding carboxylic acids is 2. The predicted molar refractivity (Wildman–Crippen MR) is 85.4 cm³/mol. The third-order valence-corrected chi connectivity index (χ3v) is 4.83. The monoisotopic (exact) mass is 310 g/mol. The van der Waals surface area contributed by atoms with Crippen molar-refractivity contribution in [2.24, 2.45) is 11.8 Å². The van der Waals surface area contributed by atoms with Crippen LogP contribution in [0, 0.1) is 11.8 Å². The van der Waals surface area contributed by atoms with Gasteiger partial charge in [-0.2, -0.15) is 0 Å². The Bertz CT molecular complexity index is 359. The molecule has 0 atom stereocenters. The van der Waals surface area contributed by atoms with Crippen LogP contribution >= 0.6 is 0 Å². The minimum Gasteiger partial charge on any atom is -0.381 e. The molecule has 126 valence electrons. The second kappa shape index (κ2) is 9.13. The smallest absolute Gasteiger partial charge is 0.225 e. The summed E-state index contributed by atoms with van der Waals surface area (Å²) in [7, 11) is 0. The highest BCUT2D eigenvalue weighted by atomic mass is 16.5. The molecule has 1 N–H and O–H groups in total. The average molecular weight is 310 g/mol. The summed E-state index contributed by atoms with van der Waals surface area (Å²) in [6.07, 6.45) is 6.68. The van der Waals surface area contributed by atoms with Crippen molar-refractivity contribution in [1.82, 2.24) is 10.2 Å². The van der Waals surface area contributed by atoms with Gasteiger partial charge in [0.2, 0.25) is 11.8 Å². The molecule has 0 aromatic carbocycles. The van der Waals surface area contributed by atoms with Crippen molar-refractivity contribution in [2.75, 3.05) is 32.8 Å². The molecule has 2 aliphatic heterocycles. The Balaban J connectivity index is 1.68.